The fourth-order valence-electron chi connectivity index (χ4n) is 5.03. The van der Waals surface area contributed by atoms with Gasteiger partial charge in [-0.1, -0.05) is 50.1 Å². The molecule has 1 aromatic heterocycles. The Labute approximate surface area is 226 Å². The highest BCUT2D eigenvalue weighted by atomic mass is 32.2. The van der Waals surface area contributed by atoms with Gasteiger partial charge in [-0.2, -0.15) is 0 Å². The minimum atomic E-state index is -0.660. The van der Waals surface area contributed by atoms with Crippen LogP contribution in [0.2, 0.25) is 0 Å². The van der Waals surface area contributed by atoms with Crippen molar-refractivity contribution in [2.45, 2.75) is 82.2 Å². The summed E-state index contributed by atoms with van der Waals surface area (Å²) in [6.07, 6.45) is 8.25. The number of furan rings is 1. The second-order valence-electron chi connectivity index (χ2n) is 9.81. The number of carbonyl (C=O) groups is 3. The van der Waals surface area contributed by atoms with Crippen LogP contribution >= 0.6 is 11.8 Å². The lowest BCUT2D eigenvalue weighted by Gasteiger charge is -2.27. The number of carbonyl (C=O) groups excluding carboxylic acids is 3. The molecule has 0 saturated heterocycles. The lowest BCUT2D eigenvalue weighted by Crippen LogP contribution is -2.43. The first-order valence-electron chi connectivity index (χ1n) is 13.4. The van der Waals surface area contributed by atoms with Crippen LogP contribution in [0, 0.1) is 0 Å². The van der Waals surface area contributed by atoms with E-state index in [4.69, 9.17) is 14.4 Å². The molecule has 2 aliphatic heterocycles. The fourth-order valence-corrected chi connectivity index (χ4v) is 6.08. The van der Waals surface area contributed by atoms with Crippen molar-refractivity contribution < 1.29 is 18.8 Å². The van der Waals surface area contributed by atoms with E-state index in [2.05, 4.69) is 10.6 Å². The molecule has 2 aromatic rings. The van der Waals surface area contributed by atoms with Crippen molar-refractivity contribution in [2.24, 2.45) is 9.98 Å². The first kappa shape index (κ1) is 26.2. The number of hydrogen-bond acceptors (Lipinski definition) is 7. The second-order valence-corrected chi connectivity index (χ2v) is 11.0. The third-order valence-electron chi connectivity index (χ3n) is 7.09. The van der Waals surface area contributed by atoms with Crippen molar-refractivity contribution in [3.63, 3.8) is 0 Å². The average molecular weight is 536 g/mol. The number of benzene rings is 1. The predicted molar refractivity (Wildman–Crippen MR) is 147 cm³/mol. The molecule has 1 aromatic carbocycles. The van der Waals surface area contributed by atoms with Crippen molar-refractivity contribution in [1.82, 2.24) is 15.5 Å². The van der Waals surface area contributed by atoms with E-state index in [1.54, 1.807) is 18.4 Å². The zero-order valence-electron chi connectivity index (χ0n) is 21.5. The third-order valence-corrected chi connectivity index (χ3v) is 8.41. The third kappa shape index (κ3) is 5.85. The van der Waals surface area contributed by atoms with Crippen molar-refractivity contribution >= 4 is 46.2 Å². The van der Waals surface area contributed by atoms with E-state index in [9.17, 15) is 14.4 Å². The minimum Gasteiger partial charge on any atom is -0.467 e. The molecular formula is C28H33N5O4S. The first-order valence-corrected chi connectivity index (χ1v) is 14.3. The molecule has 10 heteroatoms. The highest BCUT2D eigenvalue weighted by molar-refractivity contribution is 8.15. The molecule has 38 heavy (non-hydrogen) atoms. The van der Waals surface area contributed by atoms with Gasteiger partial charge in [0.2, 0.25) is 11.8 Å². The average Bonchev–Trinajstić information content (AvgIpc) is 3.58. The summed E-state index contributed by atoms with van der Waals surface area (Å²) in [5.74, 6) is 0.805. The summed E-state index contributed by atoms with van der Waals surface area (Å²) in [5.41, 5.74) is 1.48. The van der Waals surface area contributed by atoms with Crippen molar-refractivity contribution in [3.8, 4) is 0 Å². The van der Waals surface area contributed by atoms with Gasteiger partial charge in [-0.25, -0.2) is 9.89 Å². The number of nitrogens with zero attached hydrogens (tertiary/aromatic N) is 3. The van der Waals surface area contributed by atoms with Gasteiger partial charge in [-0.05, 0) is 49.9 Å². The number of aliphatic imine (C=N–C) groups is 2. The normalized spacial score (nSPS) is 19.8. The van der Waals surface area contributed by atoms with Crippen LogP contribution in [-0.2, 0) is 20.9 Å². The van der Waals surface area contributed by atoms with Gasteiger partial charge in [0.1, 0.15) is 17.6 Å². The van der Waals surface area contributed by atoms with Gasteiger partial charge in [0.15, 0.2) is 5.17 Å². The zero-order valence-corrected chi connectivity index (χ0v) is 22.3. The standard InChI is InChI=1S/C28H33N5O4S/c1-2-23(26(35)29-17-19-11-8-16-37-19)38-28-32-21-13-7-6-12-20(21)25-31-22(27(36)33(25)28)14-15-24(34)30-18-9-4-3-5-10-18/h6-8,11-13,16,18,22-23H,2-5,9-10,14-15,17H2,1H3,(H,29,35)(H,30,34)/t22-,23+/m1/s1. The number of para-hydroxylation sites is 1. The summed E-state index contributed by atoms with van der Waals surface area (Å²) < 4.78 is 5.31. The summed E-state index contributed by atoms with van der Waals surface area (Å²) in [6.45, 7) is 2.22. The van der Waals surface area contributed by atoms with Crippen molar-refractivity contribution in [3.05, 3.63) is 54.0 Å². The van der Waals surface area contributed by atoms with Gasteiger partial charge in [-0.15, -0.1) is 0 Å². The number of fused-ring (bicyclic) bond motifs is 3. The van der Waals surface area contributed by atoms with Crippen LogP contribution in [0.3, 0.4) is 0 Å². The number of amides is 3. The molecule has 3 amide bonds. The molecule has 5 rings (SSSR count). The number of rotatable bonds is 9. The monoisotopic (exact) mass is 535 g/mol. The van der Waals surface area contributed by atoms with E-state index in [0.717, 1.165) is 31.2 Å². The Balaban J connectivity index is 1.28. The maximum Gasteiger partial charge on any atom is 0.259 e. The second kappa shape index (κ2) is 12.0. The molecule has 0 radical (unpaired) electrons. The molecule has 1 aliphatic carbocycles. The largest absolute Gasteiger partial charge is 0.467 e. The topological polar surface area (TPSA) is 116 Å². The molecule has 0 bridgehead atoms. The predicted octanol–water partition coefficient (Wildman–Crippen LogP) is 4.30. The van der Waals surface area contributed by atoms with E-state index in [0.29, 0.717) is 41.8 Å². The maximum atomic E-state index is 13.6. The summed E-state index contributed by atoms with van der Waals surface area (Å²) in [5, 5.41) is 6.00. The zero-order chi connectivity index (χ0) is 26.5. The molecule has 0 unspecified atom stereocenters. The smallest absolute Gasteiger partial charge is 0.259 e. The fraction of sp³-hybridized carbons (Fsp3) is 0.464. The van der Waals surface area contributed by atoms with E-state index < -0.39 is 11.3 Å². The molecule has 1 saturated carbocycles. The minimum absolute atomic E-state index is 0.0299. The van der Waals surface area contributed by atoms with E-state index >= 15 is 0 Å². The summed E-state index contributed by atoms with van der Waals surface area (Å²) in [7, 11) is 0. The summed E-state index contributed by atoms with van der Waals surface area (Å²) >= 11 is 1.26. The van der Waals surface area contributed by atoms with Crippen LogP contribution in [0.5, 0.6) is 0 Å². The quantitative estimate of drug-likeness (QED) is 0.497. The Morgan fingerprint density at radius 1 is 1.16 bits per heavy atom. The Bertz CT molecular complexity index is 1240. The van der Waals surface area contributed by atoms with Crippen LogP contribution in [0.4, 0.5) is 5.69 Å². The number of hydrogen-bond donors (Lipinski definition) is 2. The van der Waals surface area contributed by atoms with Crippen molar-refractivity contribution in [2.75, 3.05) is 0 Å². The van der Waals surface area contributed by atoms with Crippen molar-refractivity contribution in [1.29, 1.82) is 0 Å². The van der Waals surface area contributed by atoms with E-state index in [-0.39, 0.29) is 30.2 Å². The van der Waals surface area contributed by atoms with Crippen LogP contribution in [0.15, 0.2) is 57.1 Å². The van der Waals surface area contributed by atoms with E-state index in [1.807, 2.05) is 31.2 Å². The van der Waals surface area contributed by atoms with Crippen LogP contribution < -0.4 is 10.6 Å². The highest BCUT2D eigenvalue weighted by Crippen LogP contribution is 2.36. The van der Waals surface area contributed by atoms with Gasteiger partial charge >= 0.3 is 0 Å². The molecule has 200 valence electrons. The Kier molecular flexibility index (Phi) is 8.26. The molecule has 2 N–H and O–H groups in total. The van der Waals surface area contributed by atoms with Crippen LogP contribution in [0.25, 0.3) is 0 Å². The Hall–Kier alpha value is -3.40. The lowest BCUT2D eigenvalue weighted by molar-refractivity contribution is -0.125. The number of amidine groups is 2. The van der Waals surface area contributed by atoms with E-state index in [1.165, 1.54) is 23.1 Å². The van der Waals surface area contributed by atoms with Gasteiger partial charge < -0.3 is 15.1 Å². The maximum absolute atomic E-state index is 13.6. The van der Waals surface area contributed by atoms with Gasteiger partial charge in [0, 0.05) is 18.0 Å². The number of nitrogens with one attached hydrogen (secondary N) is 2. The summed E-state index contributed by atoms with van der Waals surface area (Å²) in [6, 6.07) is 10.7. The van der Waals surface area contributed by atoms with Gasteiger partial charge in [-0.3, -0.25) is 19.4 Å². The van der Waals surface area contributed by atoms with Gasteiger partial charge in [0.25, 0.3) is 5.91 Å². The number of thioether (sulfide) groups is 1. The molecule has 0 spiro atoms. The molecule has 3 aliphatic rings. The Morgan fingerprint density at radius 2 is 1.97 bits per heavy atom. The molecule has 3 heterocycles. The molecule has 2 atom stereocenters. The van der Waals surface area contributed by atoms with Crippen LogP contribution in [0.1, 0.15) is 69.6 Å². The Morgan fingerprint density at radius 3 is 2.74 bits per heavy atom. The lowest BCUT2D eigenvalue weighted by atomic mass is 9.95. The highest BCUT2D eigenvalue weighted by Gasteiger charge is 2.42. The van der Waals surface area contributed by atoms with Gasteiger partial charge in [0.05, 0.1) is 23.7 Å². The molecule has 1 fully saturated rings. The molecule has 9 nitrogen and oxygen atoms in total. The summed E-state index contributed by atoms with van der Waals surface area (Å²) in [4.78, 5) is 50.1. The molecular weight excluding hydrogens is 502 g/mol. The van der Waals surface area contributed by atoms with Crippen LogP contribution in [-0.4, -0.2) is 51.0 Å². The SMILES string of the molecule is CC[C@H](SC1=Nc2ccccc2C2=N[C@H](CCC(=O)NC3CCCCC3)C(=O)N12)C(=O)NCc1ccco1. The first-order chi connectivity index (χ1) is 18.5.